The molecule has 1 heterocycles. The number of nitrogens with zero attached hydrogens (tertiary/aromatic N) is 2. The van der Waals surface area contributed by atoms with E-state index in [1.165, 1.54) is 11.8 Å². The standard InChI is InChI=1S/C15H16ClN3O4/c1-8-11(16)13(18-19(8)2)14(20)17-12(15(21)22)9-4-6-10(23-3)7-5-9/h4-7,12H,1-3H3,(H,17,20)(H,21,22). The largest absolute Gasteiger partial charge is 0.497 e. The molecule has 0 saturated heterocycles. The Hall–Kier alpha value is -2.54. The highest BCUT2D eigenvalue weighted by atomic mass is 35.5. The Bertz CT molecular complexity index is 740. The summed E-state index contributed by atoms with van der Waals surface area (Å²) in [4.78, 5) is 23.8. The average molecular weight is 338 g/mol. The third-order valence-corrected chi connectivity index (χ3v) is 3.90. The number of benzene rings is 1. The summed E-state index contributed by atoms with van der Waals surface area (Å²) in [5, 5.41) is 16.0. The number of carboxylic acids is 1. The first-order valence-electron chi connectivity index (χ1n) is 6.72. The second kappa shape index (κ2) is 6.70. The zero-order valence-corrected chi connectivity index (χ0v) is 13.6. The molecule has 122 valence electrons. The van der Waals surface area contributed by atoms with Gasteiger partial charge in [0.25, 0.3) is 5.91 Å². The van der Waals surface area contributed by atoms with Gasteiger partial charge in [0, 0.05) is 7.05 Å². The third kappa shape index (κ3) is 3.45. The summed E-state index contributed by atoms with van der Waals surface area (Å²) in [5.74, 6) is -1.25. The number of carbonyl (C=O) groups is 2. The minimum Gasteiger partial charge on any atom is -0.497 e. The molecular weight excluding hydrogens is 322 g/mol. The molecular formula is C15H16ClN3O4. The van der Waals surface area contributed by atoms with Crippen LogP contribution in [0.1, 0.15) is 27.8 Å². The summed E-state index contributed by atoms with van der Waals surface area (Å²) in [6.45, 7) is 1.71. The van der Waals surface area contributed by atoms with Crippen LogP contribution >= 0.6 is 11.6 Å². The predicted molar refractivity (Wildman–Crippen MR) is 83.8 cm³/mol. The Kier molecular flexibility index (Phi) is 4.90. The van der Waals surface area contributed by atoms with Crippen LogP contribution in [-0.4, -0.2) is 33.9 Å². The number of hydrogen-bond donors (Lipinski definition) is 2. The molecule has 0 bridgehead atoms. The van der Waals surface area contributed by atoms with Gasteiger partial charge in [-0.2, -0.15) is 5.10 Å². The van der Waals surface area contributed by atoms with Crippen LogP contribution in [0.25, 0.3) is 0 Å². The fourth-order valence-corrected chi connectivity index (χ4v) is 2.26. The number of methoxy groups -OCH3 is 1. The van der Waals surface area contributed by atoms with Gasteiger partial charge in [-0.3, -0.25) is 9.48 Å². The Morgan fingerprint density at radius 1 is 1.35 bits per heavy atom. The minimum absolute atomic E-state index is 0.00794. The van der Waals surface area contributed by atoms with E-state index in [1.807, 2.05) is 0 Å². The number of ether oxygens (including phenoxy) is 1. The van der Waals surface area contributed by atoms with Gasteiger partial charge in [0.1, 0.15) is 5.75 Å². The summed E-state index contributed by atoms with van der Waals surface area (Å²) in [5.41, 5.74) is 1.02. The molecule has 1 amide bonds. The molecule has 1 aromatic heterocycles. The number of aryl methyl sites for hydroxylation is 1. The second-order valence-corrected chi connectivity index (χ2v) is 5.27. The van der Waals surface area contributed by atoms with Gasteiger partial charge in [-0.15, -0.1) is 0 Å². The van der Waals surface area contributed by atoms with Gasteiger partial charge in [-0.1, -0.05) is 23.7 Å². The van der Waals surface area contributed by atoms with Crippen LogP contribution < -0.4 is 10.1 Å². The van der Waals surface area contributed by atoms with Crippen LogP contribution in [0, 0.1) is 6.92 Å². The number of amides is 1. The van der Waals surface area contributed by atoms with Crippen LogP contribution in [0.2, 0.25) is 5.02 Å². The van der Waals surface area contributed by atoms with E-state index in [9.17, 15) is 14.7 Å². The maximum atomic E-state index is 12.3. The highest BCUT2D eigenvalue weighted by Gasteiger charge is 2.26. The molecule has 8 heteroatoms. The lowest BCUT2D eigenvalue weighted by Crippen LogP contribution is -2.34. The van der Waals surface area contributed by atoms with E-state index in [4.69, 9.17) is 16.3 Å². The summed E-state index contributed by atoms with van der Waals surface area (Å²) in [6.07, 6.45) is 0. The maximum absolute atomic E-state index is 12.3. The number of aromatic nitrogens is 2. The highest BCUT2D eigenvalue weighted by molar-refractivity contribution is 6.34. The van der Waals surface area contributed by atoms with Crippen molar-refractivity contribution < 1.29 is 19.4 Å². The Morgan fingerprint density at radius 3 is 2.39 bits per heavy atom. The van der Waals surface area contributed by atoms with Crippen molar-refractivity contribution in [3.63, 3.8) is 0 Å². The summed E-state index contributed by atoms with van der Waals surface area (Å²) in [6, 6.07) is 5.17. The topological polar surface area (TPSA) is 93.5 Å². The molecule has 0 radical (unpaired) electrons. The Morgan fingerprint density at radius 2 is 1.96 bits per heavy atom. The summed E-state index contributed by atoms with van der Waals surface area (Å²) < 4.78 is 6.49. The number of rotatable bonds is 5. The van der Waals surface area contributed by atoms with E-state index in [1.54, 1.807) is 38.2 Å². The smallest absolute Gasteiger partial charge is 0.330 e. The van der Waals surface area contributed by atoms with E-state index in [0.29, 0.717) is 17.0 Å². The Balaban J connectivity index is 2.26. The SMILES string of the molecule is COc1ccc(C(NC(=O)c2nn(C)c(C)c2Cl)C(=O)O)cc1. The third-order valence-electron chi connectivity index (χ3n) is 3.45. The predicted octanol–water partition coefficient (Wildman–Crippen LogP) is 1.95. The average Bonchev–Trinajstić information content (AvgIpc) is 2.80. The number of halogens is 1. The quantitative estimate of drug-likeness (QED) is 0.869. The molecule has 1 atom stereocenters. The van der Waals surface area contributed by atoms with Gasteiger partial charge in [-0.25, -0.2) is 4.79 Å². The van der Waals surface area contributed by atoms with Crippen LogP contribution in [0.5, 0.6) is 5.75 Å². The van der Waals surface area contributed by atoms with Crippen molar-refractivity contribution in [3.8, 4) is 5.75 Å². The zero-order valence-electron chi connectivity index (χ0n) is 12.8. The number of nitrogens with one attached hydrogen (secondary N) is 1. The molecule has 0 spiro atoms. The van der Waals surface area contributed by atoms with Crippen molar-refractivity contribution in [1.82, 2.24) is 15.1 Å². The van der Waals surface area contributed by atoms with E-state index in [0.717, 1.165) is 0 Å². The molecule has 0 saturated carbocycles. The molecule has 2 rings (SSSR count). The van der Waals surface area contributed by atoms with Gasteiger partial charge in [0.05, 0.1) is 17.8 Å². The molecule has 23 heavy (non-hydrogen) atoms. The molecule has 0 aliphatic rings. The monoisotopic (exact) mass is 337 g/mol. The van der Waals surface area contributed by atoms with Gasteiger partial charge in [-0.05, 0) is 24.6 Å². The summed E-state index contributed by atoms with van der Waals surface area (Å²) in [7, 11) is 3.16. The number of aliphatic carboxylic acids is 1. The van der Waals surface area contributed by atoms with E-state index in [2.05, 4.69) is 10.4 Å². The molecule has 2 N–H and O–H groups in total. The van der Waals surface area contributed by atoms with E-state index in [-0.39, 0.29) is 10.7 Å². The summed E-state index contributed by atoms with van der Waals surface area (Å²) >= 11 is 6.05. The van der Waals surface area contributed by atoms with E-state index >= 15 is 0 Å². The molecule has 1 aromatic carbocycles. The fraction of sp³-hybridized carbons (Fsp3) is 0.267. The molecule has 1 unspecified atom stereocenters. The van der Waals surface area contributed by atoms with Crippen molar-refractivity contribution in [1.29, 1.82) is 0 Å². The van der Waals surface area contributed by atoms with Crippen LogP contribution in [0.4, 0.5) is 0 Å². The van der Waals surface area contributed by atoms with Crippen molar-refractivity contribution in [2.75, 3.05) is 7.11 Å². The van der Waals surface area contributed by atoms with Gasteiger partial charge >= 0.3 is 5.97 Å². The molecule has 0 aliphatic carbocycles. The molecule has 7 nitrogen and oxygen atoms in total. The van der Waals surface area contributed by atoms with Gasteiger partial charge < -0.3 is 15.2 Å². The Labute approximate surface area is 137 Å². The van der Waals surface area contributed by atoms with E-state index < -0.39 is 17.9 Å². The first kappa shape index (κ1) is 16.8. The van der Waals surface area contributed by atoms with Crippen LogP contribution in [-0.2, 0) is 11.8 Å². The lowest BCUT2D eigenvalue weighted by atomic mass is 10.1. The molecule has 2 aromatic rings. The van der Waals surface area contributed by atoms with Crippen molar-refractivity contribution >= 4 is 23.5 Å². The van der Waals surface area contributed by atoms with Crippen molar-refractivity contribution in [3.05, 3.63) is 46.2 Å². The first-order chi connectivity index (χ1) is 10.8. The van der Waals surface area contributed by atoms with Gasteiger partial charge in [0.15, 0.2) is 11.7 Å². The number of hydrogen-bond acceptors (Lipinski definition) is 4. The van der Waals surface area contributed by atoms with Crippen molar-refractivity contribution in [2.24, 2.45) is 7.05 Å². The number of carbonyl (C=O) groups excluding carboxylic acids is 1. The van der Waals surface area contributed by atoms with Gasteiger partial charge in [0.2, 0.25) is 0 Å². The minimum atomic E-state index is -1.22. The lowest BCUT2D eigenvalue weighted by Gasteiger charge is -2.14. The van der Waals surface area contributed by atoms with Crippen LogP contribution in [0.15, 0.2) is 24.3 Å². The normalized spacial score (nSPS) is 11.8. The highest BCUT2D eigenvalue weighted by Crippen LogP contribution is 2.22. The molecule has 0 fully saturated rings. The number of carboxylic acid groups (broad SMARTS) is 1. The van der Waals surface area contributed by atoms with Crippen molar-refractivity contribution in [2.45, 2.75) is 13.0 Å². The zero-order chi connectivity index (χ0) is 17.1. The first-order valence-corrected chi connectivity index (χ1v) is 7.09. The lowest BCUT2D eigenvalue weighted by molar-refractivity contribution is -0.139. The van der Waals surface area contributed by atoms with Crippen LogP contribution in [0.3, 0.4) is 0 Å². The maximum Gasteiger partial charge on any atom is 0.330 e. The second-order valence-electron chi connectivity index (χ2n) is 4.89. The fourth-order valence-electron chi connectivity index (χ4n) is 2.01. The molecule has 0 aliphatic heterocycles.